The first-order valence-corrected chi connectivity index (χ1v) is 5.94. The highest BCUT2D eigenvalue weighted by atomic mass is 35.5. The van der Waals surface area contributed by atoms with Gasteiger partial charge in [-0.05, 0) is 24.1 Å². The van der Waals surface area contributed by atoms with E-state index in [4.69, 9.17) is 16.7 Å². The second-order valence-electron chi connectivity index (χ2n) is 4.32. The zero-order chi connectivity index (χ0) is 14.6. The molecule has 1 unspecified atom stereocenters. The van der Waals surface area contributed by atoms with Gasteiger partial charge < -0.3 is 15.7 Å². The Morgan fingerprint density at radius 2 is 1.95 bits per heavy atom. The van der Waals surface area contributed by atoms with E-state index in [0.29, 0.717) is 0 Å². The Labute approximate surface area is 114 Å². The van der Waals surface area contributed by atoms with Crippen LogP contribution in [0.15, 0.2) is 18.2 Å². The molecule has 0 saturated carbocycles. The molecule has 0 aliphatic rings. The van der Waals surface area contributed by atoms with E-state index >= 15 is 0 Å². The van der Waals surface area contributed by atoms with Crippen LogP contribution in [0.2, 0.25) is 5.02 Å². The highest BCUT2D eigenvalue weighted by Gasteiger charge is 2.23. The Morgan fingerprint density at radius 1 is 1.32 bits per heavy atom. The number of halogens is 2. The summed E-state index contributed by atoms with van der Waals surface area (Å²) in [6.07, 6.45) is 0. The molecule has 0 radical (unpaired) electrons. The molecule has 2 amide bonds. The number of carbonyl (C=O) groups is 2. The van der Waals surface area contributed by atoms with E-state index in [0.717, 1.165) is 12.1 Å². The van der Waals surface area contributed by atoms with Crippen LogP contribution < -0.4 is 10.6 Å². The molecular formula is C12H14ClFN2O3. The highest BCUT2D eigenvalue weighted by molar-refractivity contribution is 6.30. The number of benzene rings is 1. The smallest absolute Gasteiger partial charge is 0.326 e. The molecule has 1 aromatic rings. The molecule has 0 saturated heterocycles. The quantitative estimate of drug-likeness (QED) is 0.797. The first kappa shape index (κ1) is 15.2. The SMILES string of the molecule is CC(C)C(NC(=O)Nc1cc(F)cc(Cl)c1)C(=O)O. The van der Waals surface area contributed by atoms with Gasteiger partial charge in [-0.3, -0.25) is 0 Å². The molecule has 5 nitrogen and oxygen atoms in total. The summed E-state index contributed by atoms with van der Waals surface area (Å²) in [5, 5.41) is 13.7. The van der Waals surface area contributed by atoms with Gasteiger partial charge in [0.05, 0.1) is 0 Å². The predicted molar refractivity (Wildman–Crippen MR) is 69.8 cm³/mol. The van der Waals surface area contributed by atoms with E-state index < -0.39 is 23.9 Å². The number of amides is 2. The lowest BCUT2D eigenvalue weighted by atomic mass is 10.1. The fourth-order valence-corrected chi connectivity index (χ4v) is 1.67. The predicted octanol–water partition coefficient (Wildman–Crippen LogP) is 2.71. The molecule has 19 heavy (non-hydrogen) atoms. The summed E-state index contributed by atoms with van der Waals surface area (Å²) < 4.78 is 13.0. The molecule has 0 spiro atoms. The summed E-state index contributed by atoms with van der Waals surface area (Å²) >= 11 is 5.63. The molecule has 0 fully saturated rings. The number of carboxylic acid groups (broad SMARTS) is 1. The third-order valence-electron chi connectivity index (χ3n) is 2.34. The minimum absolute atomic E-state index is 0.133. The molecule has 1 rings (SSSR count). The standard InChI is InChI=1S/C12H14ClFN2O3/c1-6(2)10(11(17)18)16-12(19)15-9-4-7(13)3-8(14)5-9/h3-6,10H,1-2H3,(H,17,18)(H2,15,16,19). The van der Waals surface area contributed by atoms with Crippen molar-refractivity contribution in [3.05, 3.63) is 29.0 Å². The number of rotatable bonds is 4. The molecule has 1 atom stereocenters. The maximum atomic E-state index is 13.0. The number of urea groups is 1. The third kappa shape index (κ3) is 4.75. The van der Waals surface area contributed by atoms with Gasteiger partial charge >= 0.3 is 12.0 Å². The molecule has 3 N–H and O–H groups in total. The number of nitrogens with one attached hydrogen (secondary N) is 2. The number of carboxylic acids is 1. The van der Waals surface area contributed by atoms with Crippen molar-refractivity contribution in [2.75, 3.05) is 5.32 Å². The van der Waals surface area contributed by atoms with E-state index in [1.165, 1.54) is 6.07 Å². The Bertz CT molecular complexity index is 474. The lowest BCUT2D eigenvalue weighted by Gasteiger charge is -2.18. The van der Waals surface area contributed by atoms with Crippen molar-refractivity contribution in [3.63, 3.8) is 0 Å². The number of hydrogen-bond donors (Lipinski definition) is 3. The van der Waals surface area contributed by atoms with Crippen LogP contribution in [0.4, 0.5) is 14.9 Å². The first-order chi connectivity index (χ1) is 8.79. The monoisotopic (exact) mass is 288 g/mol. The van der Waals surface area contributed by atoms with E-state index in [1.54, 1.807) is 13.8 Å². The molecule has 0 aliphatic heterocycles. The van der Waals surface area contributed by atoms with Crippen LogP contribution in [0.1, 0.15) is 13.8 Å². The molecule has 0 bridgehead atoms. The number of hydrogen-bond acceptors (Lipinski definition) is 2. The molecular weight excluding hydrogens is 275 g/mol. The van der Waals surface area contributed by atoms with Crippen molar-refractivity contribution in [2.45, 2.75) is 19.9 Å². The second-order valence-corrected chi connectivity index (χ2v) is 4.75. The Kier molecular flexibility index (Phi) is 5.11. The van der Waals surface area contributed by atoms with Crippen molar-refractivity contribution in [1.82, 2.24) is 5.32 Å². The second kappa shape index (κ2) is 6.38. The molecule has 0 heterocycles. The van der Waals surface area contributed by atoms with Gasteiger partial charge in [-0.15, -0.1) is 0 Å². The van der Waals surface area contributed by atoms with Gasteiger partial charge in [-0.25, -0.2) is 14.0 Å². The number of aliphatic carboxylic acids is 1. The first-order valence-electron chi connectivity index (χ1n) is 5.56. The Hall–Kier alpha value is -1.82. The van der Waals surface area contributed by atoms with Gasteiger partial charge in [0, 0.05) is 10.7 Å². The van der Waals surface area contributed by atoms with E-state index in [9.17, 15) is 14.0 Å². The molecule has 0 aliphatic carbocycles. The maximum Gasteiger partial charge on any atom is 0.326 e. The minimum Gasteiger partial charge on any atom is -0.480 e. The summed E-state index contributed by atoms with van der Waals surface area (Å²) in [6.45, 7) is 3.33. The Morgan fingerprint density at radius 3 is 2.42 bits per heavy atom. The summed E-state index contributed by atoms with van der Waals surface area (Å²) in [7, 11) is 0. The average molecular weight is 289 g/mol. The fraction of sp³-hybridized carbons (Fsp3) is 0.333. The summed E-state index contributed by atoms with van der Waals surface area (Å²) in [5.74, 6) is -2.01. The Balaban J connectivity index is 2.71. The van der Waals surface area contributed by atoms with Crippen molar-refractivity contribution < 1.29 is 19.1 Å². The van der Waals surface area contributed by atoms with E-state index in [-0.39, 0.29) is 16.6 Å². The zero-order valence-electron chi connectivity index (χ0n) is 10.4. The third-order valence-corrected chi connectivity index (χ3v) is 2.56. The van der Waals surface area contributed by atoms with E-state index in [2.05, 4.69) is 10.6 Å². The van der Waals surface area contributed by atoms with Gasteiger partial charge in [-0.1, -0.05) is 25.4 Å². The normalized spacial score (nSPS) is 12.1. The van der Waals surface area contributed by atoms with Crippen LogP contribution in [-0.4, -0.2) is 23.1 Å². The van der Waals surface area contributed by atoms with Crippen LogP contribution in [0, 0.1) is 11.7 Å². The summed E-state index contributed by atoms with van der Waals surface area (Å²) in [6, 6.07) is 1.77. The van der Waals surface area contributed by atoms with Crippen LogP contribution in [0.5, 0.6) is 0 Å². The lowest BCUT2D eigenvalue weighted by molar-refractivity contribution is -0.140. The lowest BCUT2D eigenvalue weighted by Crippen LogP contribution is -2.46. The maximum absolute atomic E-state index is 13.0. The van der Waals surface area contributed by atoms with Crippen LogP contribution in [0.25, 0.3) is 0 Å². The van der Waals surface area contributed by atoms with Gasteiger partial charge in [0.2, 0.25) is 0 Å². The van der Waals surface area contributed by atoms with Crippen LogP contribution >= 0.6 is 11.6 Å². The van der Waals surface area contributed by atoms with Gasteiger partial charge in [0.15, 0.2) is 0 Å². The molecule has 7 heteroatoms. The van der Waals surface area contributed by atoms with Crippen molar-refractivity contribution in [2.24, 2.45) is 5.92 Å². The van der Waals surface area contributed by atoms with Crippen molar-refractivity contribution in [1.29, 1.82) is 0 Å². The summed E-state index contributed by atoms with van der Waals surface area (Å²) in [5.41, 5.74) is 0.149. The van der Waals surface area contributed by atoms with Crippen molar-refractivity contribution >= 4 is 29.3 Å². The van der Waals surface area contributed by atoms with E-state index in [1.807, 2.05) is 0 Å². The van der Waals surface area contributed by atoms with Crippen LogP contribution in [0.3, 0.4) is 0 Å². The molecule has 104 valence electrons. The largest absolute Gasteiger partial charge is 0.480 e. The van der Waals surface area contributed by atoms with Gasteiger partial charge in [0.1, 0.15) is 11.9 Å². The highest BCUT2D eigenvalue weighted by Crippen LogP contribution is 2.18. The number of carbonyl (C=O) groups excluding carboxylic acids is 1. The minimum atomic E-state index is -1.14. The molecule has 1 aromatic carbocycles. The van der Waals surface area contributed by atoms with Crippen molar-refractivity contribution in [3.8, 4) is 0 Å². The fourth-order valence-electron chi connectivity index (χ4n) is 1.45. The average Bonchev–Trinajstić information content (AvgIpc) is 2.23. The summed E-state index contributed by atoms with van der Waals surface area (Å²) in [4.78, 5) is 22.5. The van der Waals surface area contributed by atoms with Gasteiger partial charge in [-0.2, -0.15) is 0 Å². The van der Waals surface area contributed by atoms with Gasteiger partial charge in [0.25, 0.3) is 0 Å². The van der Waals surface area contributed by atoms with Crippen LogP contribution in [-0.2, 0) is 4.79 Å². The topological polar surface area (TPSA) is 78.4 Å². The zero-order valence-corrected chi connectivity index (χ0v) is 11.2. The molecule has 0 aromatic heterocycles. The number of anilines is 1.